The lowest BCUT2D eigenvalue weighted by atomic mass is 9.97. The molecule has 1 unspecified atom stereocenters. The second-order valence-electron chi connectivity index (χ2n) is 7.04. The molecule has 1 atom stereocenters. The SMILES string of the molecule is COC(=O)C1CCCN(CC(=O)N2CCN(c3cc(C)ccn3)CC2)C1=O. The summed E-state index contributed by atoms with van der Waals surface area (Å²) in [4.78, 5) is 46.6. The minimum Gasteiger partial charge on any atom is -0.468 e. The second-order valence-corrected chi connectivity index (χ2v) is 7.04. The number of aryl methyl sites for hydroxylation is 1. The summed E-state index contributed by atoms with van der Waals surface area (Å²) < 4.78 is 4.70. The number of piperazine rings is 1. The van der Waals surface area contributed by atoms with Crippen LogP contribution in [0.15, 0.2) is 18.3 Å². The first-order chi connectivity index (χ1) is 13.0. The van der Waals surface area contributed by atoms with Crippen molar-refractivity contribution in [2.75, 3.05) is 51.3 Å². The third kappa shape index (κ3) is 4.37. The zero-order valence-corrected chi connectivity index (χ0v) is 15.9. The van der Waals surface area contributed by atoms with Crippen molar-refractivity contribution in [1.29, 1.82) is 0 Å². The zero-order chi connectivity index (χ0) is 19.4. The van der Waals surface area contributed by atoms with Crippen molar-refractivity contribution in [3.8, 4) is 0 Å². The van der Waals surface area contributed by atoms with Gasteiger partial charge in [-0.25, -0.2) is 4.98 Å². The smallest absolute Gasteiger partial charge is 0.318 e. The quantitative estimate of drug-likeness (QED) is 0.562. The van der Waals surface area contributed by atoms with Gasteiger partial charge in [0.15, 0.2) is 0 Å². The third-order valence-electron chi connectivity index (χ3n) is 5.20. The van der Waals surface area contributed by atoms with E-state index in [1.165, 1.54) is 12.0 Å². The van der Waals surface area contributed by atoms with Crippen LogP contribution >= 0.6 is 0 Å². The molecule has 2 amide bonds. The summed E-state index contributed by atoms with van der Waals surface area (Å²) in [5, 5.41) is 0. The van der Waals surface area contributed by atoms with Gasteiger partial charge >= 0.3 is 5.97 Å². The Balaban J connectivity index is 1.53. The van der Waals surface area contributed by atoms with E-state index in [1.54, 1.807) is 11.1 Å². The van der Waals surface area contributed by atoms with Gasteiger partial charge in [0, 0.05) is 38.9 Å². The van der Waals surface area contributed by atoms with E-state index >= 15 is 0 Å². The van der Waals surface area contributed by atoms with Gasteiger partial charge in [0.25, 0.3) is 0 Å². The average molecular weight is 374 g/mol. The fraction of sp³-hybridized carbons (Fsp3) is 0.579. The molecule has 1 aromatic rings. The molecule has 146 valence electrons. The van der Waals surface area contributed by atoms with E-state index in [0.29, 0.717) is 45.6 Å². The number of hydrogen-bond donors (Lipinski definition) is 0. The van der Waals surface area contributed by atoms with E-state index in [-0.39, 0.29) is 18.4 Å². The summed E-state index contributed by atoms with van der Waals surface area (Å²) in [6.45, 7) is 5.16. The molecule has 8 nitrogen and oxygen atoms in total. The van der Waals surface area contributed by atoms with Gasteiger partial charge in [0.1, 0.15) is 11.7 Å². The number of amides is 2. The summed E-state index contributed by atoms with van der Waals surface area (Å²) in [6, 6.07) is 4.00. The normalized spacial score (nSPS) is 20.6. The molecule has 3 rings (SSSR count). The van der Waals surface area contributed by atoms with Crippen LogP contribution in [-0.2, 0) is 19.1 Å². The van der Waals surface area contributed by atoms with Crippen LogP contribution in [0.4, 0.5) is 5.82 Å². The van der Waals surface area contributed by atoms with E-state index in [2.05, 4.69) is 9.88 Å². The summed E-state index contributed by atoms with van der Waals surface area (Å²) >= 11 is 0. The van der Waals surface area contributed by atoms with Crippen molar-refractivity contribution < 1.29 is 19.1 Å². The van der Waals surface area contributed by atoms with Crippen LogP contribution in [0.3, 0.4) is 0 Å². The van der Waals surface area contributed by atoms with Gasteiger partial charge in [-0.1, -0.05) is 0 Å². The number of nitrogens with zero attached hydrogens (tertiary/aromatic N) is 4. The molecule has 2 aliphatic heterocycles. The van der Waals surface area contributed by atoms with Gasteiger partial charge in [-0.2, -0.15) is 0 Å². The number of likely N-dealkylation sites (tertiary alicyclic amines) is 1. The monoisotopic (exact) mass is 374 g/mol. The molecule has 27 heavy (non-hydrogen) atoms. The Morgan fingerprint density at radius 2 is 1.96 bits per heavy atom. The van der Waals surface area contributed by atoms with Crippen LogP contribution < -0.4 is 4.90 Å². The second kappa shape index (κ2) is 8.37. The van der Waals surface area contributed by atoms with Crippen LogP contribution in [0.25, 0.3) is 0 Å². The number of rotatable bonds is 4. The molecule has 0 spiro atoms. The Kier molecular flexibility index (Phi) is 5.93. The predicted molar refractivity (Wildman–Crippen MR) is 99.1 cm³/mol. The highest BCUT2D eigenvalue weighted by Crippen LogP contribution is 2.20. The van der Waals surface area contributed by atoms with Crippen molar-refractivity contribution in [2.45, 2.75) is 19.8 Å². The number of pyridine rings is 1. The summed E-state index contributed by atoms with van der Waals surface area (Å²) in [5.41, 5.74) is 1.15. The molecule has 2 aliphatic rings. The lowest BCUT2D eigenvalue weighted by molar-refractivity contribution is -0.158. The Morgan fingerprint density at radius 3 is 2.63 bits per heavy atom. The largest absolute Gasteiger partial charge is 0.468 e. The Morgan fingerprint density at radius 1 is 1.22 bits per heavy atom. The maximum absolute atomic E-state index is 12.6. The maximum Gasteiger partial charge on any atom is 0.318 e. The molecular weight excluding hydrogens is 348 g/mol. The summed E-state index contributed by atoms with van der Waals surface area (Å²) in [7, 11) is 1.28. The van der Waals surface area contributed by atoms with Gasteiger partial charge in [-0.15, -0.1) is 0 Å². The van der Waals surface area contributed by atoms with Crippen molar-refractivity contribution in [1.82, 2.24) is 14.8 Å². The van der Waals surface area contributed by atoms with Crippen LogP contribution in [0.2, 0.25) is 0 Å². The number of carbonyl (C=O) groups is 3. The zero-order valence-electron chi connectivity index (χ0n) is 15.9. The molecule has 0 bridgehead atoms. The summed E-state index contributed by atoms with van der Waals surface area (Å²) in [5.74, 6) is -0.749. The molecule has 3 heterocycles. The Bertz CT molecular complexity index is 715. The minimum atomic E-state index is -0.777. The number of anilines is 1. The van der Waals surface area contributed by atoms with Gasteiger partial charge in [0.05, 0.1) is 13.7 Å². The van der Waals surface area contributed by atoms with E-state index in [1.807, 2.05) is 19.1 Å². The molecule has 0 radical (unpaired) electrons. The van der Waals surface area contributed by atoms with Crippen molar-refractivity contribution in [3.63, 3.8) is 0 Å². The highest BCUT2D eigenvalue weighted by atomic mass is 16.5. The van der Waals surface area contributed by atoms with Crippen LogP contribution in [-0.4, -0.2) is 78.9 Å². The van der Waals surface area contributed by atoms with Crippen molar-refractivity contribution >= 4 is 23.6 Å². The number of piperidine rings is 1. The van der Waals surface area contributed by atoms with E-state index in [0.717, 1.165) is 11.4 Å². The molecule has 0 aliphatic carbocycles. The highest BCUT2D eigenvalue weighted by Gasteiger charge is 2.36. The van der Waals surface area contributed by atoms with E-state index in [9.17, 15) is 14.4 Å². The Hall–Kier alpha value is -2.64. The molecule has 8 heteroatoms. The fourth-order valence-electron chi connectivity index (χ4n) is 3.60. The standard InChI is InChI=1S/C19H26N4O4/c1-14-5-6-20-16(12-14)21-8-10-22(11-9-21)17(24)13-23-7-3-4-15(18(23)25)19(26)27-2/h5-6,12,15H,3-4,7-11,13H2,1-2H3. The fourth-order valence-corrected chi connectivity index (χ4v) is 3.60. The molecule has 2 saturated heterocycles. The molecule has 1 aromatic heterocycles. The van der Waals surface area contributed by atoms with Crippen molar-refractivity contribution in [2.24, 2.45) is 5.92 Å². The number of aromatic nitrogens is 1. The summed E-state index contributed by atoms with van der Waals surface area (Å²) in [6.07, 6.45) is 2.98. The maximum atomic E-state index is 12.6. The van der Waals surface area contributed by atoms with E-state index < -0.39 is 11.9 Å². The van der Waals surface area contributed by atoms with Gasteiger partial charge in [0.2, 0.25) is 11.8 Å². The Labute approximate surface area is 159 Å². The highest BCUT2D eigenvalue weighted by molar-refractivity contribution is 5.99. The first-order valence-electron chi connectivity index (χ1n) is 9.31. The topological polar surface area (TPSA) is 83.1 Å². The molecule has 0 aromatic carbocycles. The first kappa shape index (κ1) is 19.1. The van der Waals surface area contributed by atoms with Crippen LogP contribution in [0.1, 0.15) is 18.4 Å². The van der Waals surface area contributed by atoms with Gasteiger partial charge < -0.3 is 19.4 Å². The number of hydrogen-bond acceptors (Lipinski definition) is 6. The number of carbonyl (C=O) groups excluding carboxylic acids is 3. The van der Waals surface area contributed by atoms with Crippen LogP contribution in [0, 0.1) is 12.8 Å². The minimum absolute atomic E-state index is 0.0228. The number of methoxy groups -OCH3 is 1. The van der Waals surface area contributed by atoms with E-state index in [4.69, 9.17) is 4.74 Å². The molecular formula is C19H26N4O4. The predicted octanol–water partition coefficient (Wildman–Crippen LogP) is 0.450. The van der Waals surface area contributed by atoms with Gasteiger partial charge in [-0.05, 0) is 37.5 Å². The van der Waals surface area contributed by atoms with Gasteiger partial charge in [-0.3, -0.25) is 14.4 Å². The number of ether oxygens (including phenoxy) is 1. The van der Waals surface area contributed by atoms with Crippen molar-refractivity contribution in [3.05, 3.63) is 23.9 Å². The lowest BCUT2D eigenvalue weighted by Crippen LogP contribution is -2.53. The number of esters is 1. The third-order valence-corrected chi connectivity index (χ3v) is 5.20. The lowest BCUT2D eigenvalue weighted by Gasteiger charge is -2.37. The first-order valence-corrected chi connectivity index (χ1v) is 9.31. The average Bonchev–Trinajstić information content (AvgIpc) is 2.69. The molecule has 0 N–H and O–H groups in total. The molecule has 0 saturated carbocycles. The molecule has 2 fully saturated rings. The van der Waals surface area contributed by atoms with Crippen LogP contribution in [0.5, 0.6) is 0 Å².